The third kappa shape index (κ3) is 4.42. The van der Waals surface area contributed by atoms with Crippen molar-refractivity contribution in [1.29, 1.82) is 10.5 Å². The van der Waals surface area contributed by atoms with Gasteiger partial charge in [0.15, 0.2) is 23.0 Å². The van der Waals surface area contributed by atoms with Gasteiger partial charge in [0.2, 0.25) is 0 Å². The minimum absolute atomic E-state index is 0.561. The third-order valence-corrected chi connectivity index (χ3v) is 9.91. The van der Waals surface area contributed by atoms with Gasteiger partial charge in [-0.2, -0.15) is 10.5 Å². The lowest BCUT2D eigenvalue weighted by atomic mass is 9.96. The topological polar surface area (TPSA) is 72.5 Å². The molecule has 6 heteroatoms. The van der Waals surface area contributed by atoms with Crippen molar-refractivity contribution in [2.24, 2.45) is 0 Å². The first-order chi connectivity index (χ1) is 25.7. The average Bonchev–Trinajstić information content (AvgIpc) is 3.75. The van der Waals surface area contributed by atoms with Crippen molar-refractivity contribution in [3.05, 3.63) is 191 Å². The van der Waals surface area contributed by atoms with Gasteiger partial charge in [-0.1, -0.05) is 72.8 Å². The lowest BCUT2D eigenvalue weighted by Crippen LogP contribution is -2.15. The molecule has 6 aromatic rings. The van der Waals surface area contributed by atoms with Gasteiger partial charge in [0.05, 0.1) is 33.9 Å². The lowest BCUT2D eigenvalue weighted by molar-refractivity contribution is 0.477. The minimum Gasteiger partial charge on any atom is -0.453 e. The standard InChI is InChI=1S/C46H26N4O2/c47-27-37-33(29-17-21-31(22-18-29)49-39-9-1-5-13-43(39)51-44-14-6-2-10-40(44)49)25-35-36(37)26-34(38(35)28-48)30-19-23-32(24-20-30)50-41-11-3-7-15-45(41)52-46-16-8-4-12-42(46)50/h1-26H. The smallest absolute Gasteiger partial charge is 0.151 e. The Bertz CT molecular complexity index is 2420. The Morgan fingerprint density at radius 3 is 1.00 bits per heavy atom. The first kappa shape index (κ1) is 29.4. The Kier molecular flexibility index (Phi) is 6.51. The summed E-state index contributed by atoms with van der Waals surface area (Å²) in [7, 11) is 0. The van der Waals surface area contributed by atoms with Gasteiger partial charge in [-0.15, -0.1) is 0 Å². The van der Waals surface area contributed by atoms with Crippen molar-refractivity contribution in [1.82, 2.24) is 0 Å². The largest absolute Gasteiger partial charge is 0.453 e. The van der Waals surface area contributed by atoms with Crippen LogP contribution in [0.5, 0.6) is 23.0 Å². The molecule has 0 saturated heterocycles. The van der Waals surface area contributed by atoms with Gasteiger partial charge < -0.3 is 19.3 Å². The van der Waals surface area contributed by atoms with Gasteiger partial charge in [0.1, 0.15) is 12.1 Å². The predicted molar refractivity (Wildman–Crippen MR) is 204 cm³/mol. The maximum atomic E-state index is 10.5. The van der Waals surface area contributed by atoms with Crippen molar-refractivity contribution in [3.8, 4) is 35.1 Å². The van der Waals surface area contributed by atoms with Gasteiger partial charge in [0.25, 0.3) is 0 Å². The van der Waals surface area contributed by atoms with Crippen LogP contribution < -0.4 is 19.3 Å². The van der Waals surface area contributed by atoms with Gasteiger partial charge in [-0.05, 0) is 96.1 Å². The van der Waals surface area contributed by atoms with Crippen molar-refractivity contribution in [3.63, 3.8) is 0 Å². The van der Waals surface area contributed by atoms with E-state index < -0.39 is 0 Å². The van der Waals surface area contributed by atoms with E-state index in [4.69, 9.17) is 9.47 Å². The van der Waals surface area contributed by atoms with E-state index in [1.165, 1.54) is 0 Å². The van der Waals surface area contributed by atoms with Crippen molar-refractivity contribution < 1.29 is 9.47 Å². The number of allylic oxidation sites excluding steroid dienone is 8. The van der Waals surface area contributed by atoms with Crippen LogP contribution in [0.1, 0.15) is 11.1 Å². The number of ether oxygens (including phenoxy) is 2. The first-order valence-electron chi connectivity index (χ1n) is 17.0. The van der Waals surface area contributed by atoms with Crippen LogP contribution in [0.3, 0.4) is 0 Å². The summed E-state index contributed by atoms with van der Waals surface area (Å²) >= 11 is 0. The van der Waals surface area contributed by atoms with Crippen LogP contribution in [0.25, 0.3) is 11.1 Å². The predicted octanol–water partition coefficient (Wildman–Crippen LogP) is 12.0. The lowest BCUT2D eigenvalue weighted by Gasteiger charge is -2.32. The van der Waals surface area contributed by atoms with E-state index in [-0.39, 0.29) is 0 Å². The molecule has 242 valence electrons. The van der Waals surface area contributed by atoms with Crippen LogP contribution in [-0.4, -0.2) is 0 Å². The van der Waals surface area contributed by atoms with Crippen LogP contribution >= 0.6 is 0 Å². The van der Waals surface area contributed by atoms with E-state index in [1.807, 2.05) is 133 Å². The summed E-state index contributed by atoms with van der Waals surface area (Å²) in [5.74, 6) is 3.16. The number of hydrogen-bond donors (Lipinski definition) is 0. The molecule has 10 rings (SSSR count). The first-order valence-corrected chi connectivity index (χ1v) is 17.0. The second kappa shape index (κ2) is 11.5. The maximum absolute atomic E-state index is 10.5. The fourth-order valence-corrected chi connectivity index (χ4v) is 7.53. The molecule has 2 aliphatic heterocycles. The molecule has 0 atom stereocenters. The molecule has 0 saturated carbocycles. The van der Waals surface area contributed by atoms with Crippen LogP contribution in [-0.2, 0) is 0 Å². The molecule has 0 amide bonds. The molecule has 2 heterocycles. The van der Waals surface area contributed by atoms with E-state index in [1.54, 1.807) is 0 Å². The molecule has 2 aliphatic carbocycles. The summed E-state index contributed by atoms with van der Waals surface area (Å²) in [5, 5.41) is 20.9. The van der Waals surface area contributed by atoms with Gasteiger partial charge in [-0.25, -0.2) is 0 Å². The maximum Gasteiger partial charge on any atom is 0.151 e. The Labute approximate surface area is 300 Å². The van der Waals surface area contributed by atoms with E-state index in [0.717, 1.165) is 90.5 Å². The fraction of sp³-hybridized carbons (Fsp3) is 0. The number of benzene rings is 6. The van der Waals surface area contributed by atoms with Crippen LogP contribution in [0, 0.1) is 22.7 Å². The Morgan fingerprint density at radius 1 is 0.385 bits per heavy atom. The number of nitrogens with zero attached hydrogens (tertiary/aromatic N) is 4. The monoisotopic (exact) mass is 666 g/mol. The van der Waals surface area contributed by atoms with Crippen LogP contribution in [0.2, 0.25) is 0 Å². The second-order valence-electron chi connectivity index (χ2n) is 12.8. The Hall–Kier alpha value is -7.54. The normalized spacial score (nSPS) is 14.8. The summed E-state index contributed by atoms with van der Waals surface area (Å²) in [5.41, 5.74) is 11.9. The molecule has 0 radical (unpaired) electrons. The Morgan fingerprint density at radius 2 is 0.692 bits per heavy atom. The highest BCUT2D eigenvalue weighted by molar-refractivity contribution is 6.02. The molecule has 0 spiro atoms. The highest BCUT2D eigenvalue weighted by Crippen LogP contribution is 2.53. The molecule has 0 N–H and O–H groups in total. The summed E-state index contributed by atoms with van der Waals surface area (Å²) in [6.45, 7) is 0. The highest BCUT2D eigenvalue weighted by atomic mass is 16.5. The molecule has 0 bridgehead atoms. The summed E-state index contributed by atoms with van der Waals surface area (Å²) in [6.07, 6.45) is 3.97. The number of rotatable bonds is 4. The molecule has 6 aromatic carbocycles. The van der Waals surface area contributed by atoms with Crippen LogP contribution in [0.4, 0.5) is 34.1 Å². The van der Waals surface area contributed by atoms with Gasteiger partial charge in [0, 0.05) is 33.7 Å². The molecule has 0 unspecified atom stereocenters. The quantitative estimate of drug-likeness (QED) is 0.186. The van der Waals surface area contributed by atoms with Crippen molar-refractivity contribution >= 4 is 45.3 Å². The number of para-hydroxylation sites is 8. The Balaban J connectivity index is 0.979. The van der Waals surface area contributed by atoms with Crippen molar-refractivity contribution in [2.45, 2.75) is 0 Å². The van der Waals surface area contributed by atoms with E-state index in [9.17, 15) is 10.5 Å². The number of hydrogen-bond acceptors (Lipinski definition) is 6. The minimum atomic E-state index is 0.561. The number of nitriles is 2. The molecule has 4 aliphatic rings. The SMILES string of the molecule is N#CC1=C2C=C(c3ccc(N4c5ccccc5Oc5ccccc54)cc3)C(C#N)=C2C=C1c1ccc(N2c3ccccc3Oc3ccccc32)cc1. The number of anilines is 6. The zero-order chi connectivity index (χ0) is 34.8. The highest BCUT2D eigenvalue weighted by Gasteiger charge is 2.32. The summed E-state index contributed by atoms with van der Waals surface area (Å²) in [6, 6.07) is 53.3. The van der Waals surface area contributed by atoms with Gasteiger partial charge in [-0.3, -0.25) is 0 Å². The fourth-order valence-electron chi connectivity index (χ4n) is 7.53. The van der Waals surface area contributed by atoms with Crippen LogP contribution in [0.15, 0.2) is 180 Å². The summed E-state index contributed by atoms with van der Waals surface area (Å²) < 4.78 is 12.4. The third-order valence-electron chi connectivity index (χ3n) is 9.91. The van der Waals surface area contributed by atoms with Gasteiger partial charge >= 0.3 is 0 Å². The molecule has 0 fully saturated rings. The molecular formula is C46H26N4O2. The van der Waals surface area contributed by atoms with E-state index in [0.29, 0.717) is 11.1 Å². The zero-order valence-electron chi connectivity index (χ0n) is 27.6. The van der Waals surface area contributed by atoms with E-state index in [2.05, 4.69) is 46.2 Å². The molecule has 0 aromatic heterocycles. The molecule has 52 heavy (non-hydrogen) atoms. The summed E-state index contributed by atoms with van der Waals surface area (Å²) in [4.78, 5) is 4.37. The van der Waals surface area contributed by atoms with Crippen molar-refractivity contribution in [2.75, 3.05) is 9.80 Å². The molecule has 6 nitrogen and oxygen atoms in total. The average molecular weight is 667 g/mol. The number of fused-ring (bicyclic) bond motifs is 5. The van der Waals surface area contributed by atoms with E-state index >= 15 is 0 Å². The molecular weight excluding hydrogens is 641 g/mol. The second-order valence-corrected chi connectivity index (χ2v) is 12.8. The zero-order valence-corrected chi connectivity index (χ0v) is 27.6.